The minimum atomic E-state index is -0.597. The van der Waals surface area contributed by atoms with E-state index in [4.69, 9.17) is 19.5 Å². The molecule has 1 aromatic heterocycles. The number of rotatable bonds is 6. The second-order valence-electron chi connectivity index (χ2n) is 4.05. The molecule has 1 heterocycles. The molecule has 0 bridgehead atoms. The molecule has 2 aromatic rings. The molecule has 0 saturated carbocycles. The summed E-state index contributed by atoms with van der Waals surface area (Å²) in [6.45, 7) is 1.79. The van der Waals surface area contributed by atoms with Crippen molar-refractivity contribution >= 4 is 5.97 Å². The Labute approximate surface area is 126 Å². The smallest absolute Gasteiger partial charge is 0.361 e. The minimum absolute atomic E-state index is 0.0388. The van der Waals surface area contributed by atoms with Gasteiger partial charge in [0.1, 0.15) is 23.3 Å². The zero-order chi connectivity index (χ0) is 15.9. The Morgan fingerprint density at radius 3 is 2.91 bits per heavy atom. The first kappa shape index (κ1) is 15.3. The molecule has 1 aromatic carbocycles. The van der Waals surface area contributed by atoms with Crippen LogP contribution in [0.4, 0.5) is 0 Å². The number of carbonyl (C=O) groups excluding carboxylic acids is 1. The number of benzene rings is 1. The number of nitriles is 1. The number of nitrogens with zero attached hydrogens (tertiary/aromatic N) is 3. The van der Waals surface area contributed by atoms with E-state index in [0.29, 0.717) is 17.1 Å². The van der Waals surface area contributed by atoms with E-state index in [-0.39, 0.29) is 24.6 Å². The van der Waals surface area contributed by atoms with Crippen LogP contribution in [0.2, 0.25) is 0 Å². The molecule has 8 nitrogen and oxygen atoms in total. The first-order valence-electron chi connectivity index (χ1n) is 6.47. The molecule has 0 saturated heterocycles. The van der Waals surface area contributed by atoms with E-state index in [1.807, 2.05) is 6.07 Å². The molecule has 114 valence electrons. The monoisotopic (exact) mass is 302 g/mol. The van der Waals surface area contributed by atoms with Crippen LogP contribution in [-0.4, -0.2) is 41.7 Å². The summed E-state index contributed by atoms with van der Waals surface area (Å²) in [7, 11) is 1.52. The van der Waals surface area contributed by atoms with E-state index in [9.17, 15) is 4.79 Å². The van der Waals surface area contributed by atoms with Crippen LogP contribution < -0.4 is 9.47 Å². The number of methoxy groups -OCH3 is 1. The third-order valence-corrected chi connectivity index (χ3v) is 2.75. The average Bonchev–Trinajstić information content (AvgIpc) is 3.02. The van der Waals surface area contributed by atoms with Crippen molar-refractivity contribution in [2.45, 2.75) is 6.92 Å². The van der Waals surface area contributed by atoms with Crippen LogP contribution in [0.15, 0.2) is 18.2 Å². The number of esters is 1. The topological polar surface area (TPSA) is 110 Å². The Morgan fingerprint density at radius 2 is 2.23 bits per heavy atom. The van der Waals surface area contributed by atoms with E-state index in [2.05, 4.69) is 15.4 Å². The molecule has 0 unspecified atom stereocenters. The van der Waals surface area contributed by atoms with Gasteiger partial charge >= 0.3 is 5.97 Å². The lowest BCUT2D eigenvalue weighted by Gasteiger charge is -2.10. The van der Waals surface area contributed by atoms with E-state index < -0.39 is 5.97 Å². The van der Waals surface area contributed by atoms with Gasteiger partial charge in [-0.25, -0.2) is 4.79 Å². The molecule has 0 amide bonds. The Kier molecular flexibility index (Phi) is 4.93. The van der Waals surface area contributed by atoms with Crippen molar-refractivity contribution in [3.8, 4) is 28.8 Å². The molecule has 1 N–H and O–H groups in total. The number of hydrogen-bond donors (Lipinski definition) is 1. The normalized spacial score (nSPS) is 9.86. The summed E-state index contributed by atoms with van der Waals surface area (Å²) in [5.74, 6) is 0.346. The lowest BCUT2D eigenvalue weighted by Crippen LogP contribution is -2.07. The van der Waals surface area contributed by atoms with Gasteiger partial charge in [0.2, 0.25) is 0 Å². The first-order valence-corrected chi connectivity index (χ1v) is 6.47. The van der Waals surface area contributed by atoms with Gasteiger partial charge in [0.25, 0.3) is 0 Å². The van der Waals surface area contributed by atoms with Gasteiger partial charge in [-0.2, -0.15) is 15.6 Å². The number of nitrogens with one attached hydrogen (secondary N) is 1. The lowest BCUT2D eigenvalue weighted by molar-refractivity contribution is 0.0520. The molecule has 8 heteroatoms. The van der Waals surface area contributed by atoms with Crippen LogP contribution in [0, 0.1) is 11.3 Å². The predicted octanol–water partition coefficient (Wildman–Crippen LogP) is 1.56. The average molecular weight is 302 g/mol. The summed E-state index contributed by atoms with van der Waals surface area (Å²) in [5, 5.41) is 18.8. The molecular weight excluding hydrogens is 288 g/mol. The Bertz CT molecular complexity index is 705. The third-order valence-electron chi connectivity index (χ3n) is 2.75. The molecular formula is C14H14N4O4. The molecule has 2 rings (SSSR count). The highest BCUT2D eigenvalue weighted by Crippen LogP contribution is 2.33. The van der Waals surface area contributed by atoms with E-state index >= 15 is 0 Å². The number of hydrogen-bond acceptors (Lipinski definition) is 7. The summed E-state index contributed by atoms with van der Waals surface area (Å²) in [4.78, 5) is 11.9. The van der Waals surface area contributed by atoms with Gasteiger partial charge in [-0.1, -0.05) is 0 Å². The standard InChI is InChI=1S/C14H14N4O4/c1-3-21-14(19)13-12(16-18-17-13)10-8-9(20-2)4-5-11(10)22-7-6-15/h4-5,8H,3,7H2,1-2H3,(H,16,17,18). The molecule has 22 heavy (non-hydrogen) atoms. The lowest BCUT2D eigenvalue weighted by atomic mass is 10.1. The molecule has 0 aliphatic carbocycles. The van der Waals surface area contributed by atoms with Crippen molar-refractivity contribution in [2.24, 2.45) is 0 Å². The van der Waals surface area contributed by atoms with Crippen molar-refractivity contribution < 1.29 is 19.0 Å². The van der Waals surface area contributed by atoms with Crippen molar-refractivity contribution in [3.05, 3.63) is 23.9 Å². The molecule has 0 aliphatic heterocycles. The van der Waals surface area contributed by atoms with Gasteiger partial charge in [0.05, 0.1) is 19.3 Å². The summed E-state index contributed by atoms with van der Waals surface area (Å²) in [5.41, 5.74) is 0.786. The fourth-order valence-electron chi connectivity index (χ4n) is 1.82. The van der Waals surface area contributed by atoms with E-state index in [1.54, 1.807) is 25.1 Å². The summed E-state index contributed by atoms with van der Waals surface area (Å²) in [6.07, 6.45) is 0. The summed E-state index contributed by atoms with van der Waals surface area (Å²) >= 11 is 0. The minimum Gasteiger partial charge on any atom is -0.497 e. The maximum atomic E-state index is 11.9. The van der Waals surface area contributed by atoms with Crippen molar-refractivity contribution in [2.75, 3.05) is 20.3 Å². The molecule has 0 aliphatic rings. The molecule has 0 radical (unpaired) electrons. The number of aromatic nitrogens is 3. The largest absolute Gasteiger partial charge is 0.497 e. The second kappa shape index (κ2) is 7.08. The van der Waals surface area contributed by atoms with Crippen LogP contribution in [0.3, 0.4) is 0 Å². The van der Waals surface area contributed by atoms with Crippen LogP contribution in [-0.2, 0) is 4.74 Å². The zero-order valence-corrected chi connectivity index (χ0v) is 12.1. The van der Waals surface area contributed by atoms with Crippen LogP contribution in [0.1, 0.15) is 17.4 Å². The quantitative estimate of drug-likeness (QED) is 0.806. The predicted molar refractivity (Wildman–Crippen MR) is 75.4 cm³/mol. The van der Waals surface area contributed by atoms with Crippen molar-refractivity contribution in [1.29, 1.82) is 5.26 Å². The van der Waals surface area contributed by atoms with Gasteiger partial charge < -0.3 is 14.2 Å². The second-order valence-corrected chi connectivity index (χ2v) is 4.05. The molecule has 0 spiro atoms. The van der Waals surface area contributed by atoms with Crippen molar-refractivity contribution in [1.82, 2.24) is 15.4 Å². The maximum Gasteiger partial charge on any atom is 0.361 e. The van der Waals surface area contributed by atoms with Gasteiger partial charge in [-0.3, -0.25) is 0 Å². The summed E-state index contributed by atoms with van der Waals surface area (Å²) in [6, 6.07) is 6.85. The van der Waals surface area contributed by atoms with E-state index in [0.717, 1.165) is 0 Å². The van der Waals surface area contributed by atoms with Gasteiger partial charge in [0.15, 0.2) is 12.3 Å². The number of carbonyl (C=O) groups is 1. The number of aromatic amines is 1. The van der Waals surface area contributed by atoms with Gasteiger partial charge in [-0.15, -0.1) is 5.10 Å². The molecule has 0 fully saturated rings. The number of H-pyrrole nitrogens is 1. The van der Waals surface area contributed by atoms with Crippen LogP contribution in [0.25, 0.3) is 11.3 Å². The maximum absolute atomic E-state index is 11.9. The fourth-order valence-corrected chi connectivity index (χ4v) is 1.82. The Morgan fingerprint density at radius 1 is 1.41 bits per heavy atom. The zero-order valence-electron chi connectivity index (χ0n) is 12.1. The van der Waals surface area contributed by atoms with E-state index in [1.165, 1.54) is 7.11 Å². The SMILES string of the molecule is CCOC(=O)c1n[nH]nc1-c1cc(OC)ccc1OCC#N. The fraction of sp³-hybridized carbons (Fsp3) is 0.286. The van der Waals surface area contributed by atoms with Gasteiger partial charge in [-0.05, 0) is 25.1 Å². The highest BCUT2D eigenvalue weighted by atomic mass is 16.5. The highest BCUT2D eigenvalue weighted by Gasteiger charge is 2.22. The van der Waals surface area contributed by atoms with Crippen LogP contribution in [0.5, 0.6) is 11.5 Å². The molecule has 0 atom stereocenters. The number of ether oxygens (including phenoxy) is 3. The van der Waals surface area contributed by atoms with Crippen molar-refractivity contribution in [3.63, 3.8) is 0 Å². The van der Waals surface area contributed by atoms with Gasteiger partial charge in [0, 0.05) is 0 Å². The highest BCUT2D eigenvalue weighted by molar-refractivity contribution is 5.94. The Balaban J connectivity index is 2.49. The third kappa shape index (κ3) is 3.15. The Hall–Kier alpha value is -3.08. The summed E-state index contributed by atoms with van der Waals surface area (Å²) < 4.78 is 15.5. The first-order chi connectivity index (χ1) is 10.7. The van der Waals surface area contributed by atoms with Crippen LogP contribution >= 0.6 is 0 Å².